The number of aromatic amines is 1. The second-order valence-electron chi connectivity index (χ2n) is 6.43. The van der Waals surface area contributed by atoms with E-state index in [-0.39, 0.29) is 11.2 Å². The molecule has 23 heavy (non-hydrogen) atoms. The van der Waals surface area contributed by atoms with E-state index in [9.17, 15) is 4.39 Å². The largest absolute Gasteiger partial charge is 0.355 e. The Labute approximate surface area is 134 Å². The van der Waals surface area contributed by atoms with Gasteiger partial charge in [0.15, 0.2) is 0 Å². The summed E-state index contributed by atoms with van der Waals surface area (Å²) in [6.07, 6.45) is 4.05. The number of rotatable bonds is 2. The standard InChI is InChI=1S/C20H17FN2/c1-20(2)16-5-3-4-6-17(16)23-19(20)10-9-15-11-13-7-8-14(21)12-18(13)22-15/h3-12,22H,1-2H3/b10-9+. The van der Waals surface area contributed by atoms with Crippen molar-refractivity contribution in [2.24, 2.45) is 4.99 Å². The number of nitrogens with one attached hydrogen (secondary N) is 1. The first kappa shape index (κ1) is 13.9. The van der Waals surface area contributed by atoms with E-state index < -0.39 is 0 Å². The minimum absolute atomic E-state index is 0.106. The zero-order valence-corrected chi connectivity index (χ0v) is 13.1. The number of halogens is 1. The molecule has 0 atom stereocenters. The van der Waals surface area contributed by atoms with Crippen molar-refractivity contribution < 1.29 is 4.39 Å². The van der Waals surface area contributed by atoms with E-state index in [1.54, 1.807) is 6.07 Å². The molecule has 0 saturated carbocycles. The highest BCUT2D eigenvalue weighted by molar-refractivity contribution is 6.10. The van der Waals surface area contributed by atoms with E-state index in [2.05, 4.69) is 31.0 Å². The maximum absolute atomic E-state index is 13.3. The Morgan fingerprint density at radius 2 is 1.87 bits per heavy atom. The third-order valence-electron chi connectivity index (χ3n) is 4.48. The fraction of sp³-hybridized carbons (Fsp3) is 0.150. The van der Waals surface area contributed by atoms with Crippen LogP contribution in [-0.2, 0) is 5.41 Å². The molecule has 3 aromatic rings. The Morgan fingerprint density at radius 1 is 1.04 bits per heavy atom. The molecule has 1 aromatic heterocycles. The van der Waals surface area contributed by atoms with Crippen LogP contribution in [0.2, 0.25) is 0 Å². The van der Waals surface area contributed by atoms with Gasteiger partial charge in [0.2, 0.25) is 0 Å². The Hall–Kier alpha value is -2.68. The van der Waals surface area contributed by atoms with Crippen LogP contribution in [-0.4, -0.2) is 10.7 Å². The van der Waals surface area contributed by atoms with Crippen molar-refractivity contribution in [3.05, 3.63) is 71.7 Å². The zero-order chi connectivity index (χ0) is 16.0. The number of hydrogen-bond donors (Lipinski definition) is 1. The van der Waals surface area contributed by atoms with Crippen molar-refractivity contribution in [1.82, 2.24) is 4.98 Å². The Morgan fingerprint density at radius 3 is 2.70 bits per heavy atom. The van der Waals surface area contributed by atoms with Crippen molar-refractivity contribution >= 4 is 28.4 Å². The third kappa shape index (κ3) is 2.29. The van der Waals surface area contributed by atoms with Gasteiger partial charge in [-0.3, -0.25) is 4.99 Å². The molecule has 0 unspecified atom stereocenters. The predicted molar refractivity (Wildman–Crippen MR) is 93.9 cm³/mol. The lowest BCUT2D eigenvalue weighted by Crippen LogP contribution is -2.23. The summed E-state index contributed by atoms with van der Waals surface area (Å²) in [5.41, 5.74) is 4.96. The predicted octanol–water partition coefficient (Wildman–Crippen LogP) is 5.38. The fourth-order valence-corrected chi connectivity index (χ4v) is 3.13. The summed E-state index contributed by atoms with van der Waals surface area (Å²) >= 11 is 0. The lowest BCUT2D eigenvalue weighted by atomic mass is 9.81. The molecule has 1 N–H and O–H groups in total. The lowest BCUT2D eigenvalue weighted by molar-refractivity contribution is 0.629. The maximum atomic E-state index is 13.3. The SMILES string of the molecule is CC1(C)C(/C=C/c2cc3ccc(F)cc3[nH]2)=Nc2ccccc21. The first-order valence-corrected chi connectivity index (χ1v) is 7.69. The lowest BCUT2D eigenvalue weighted by Gasteiger charge is -2.20. The summed E-state index contributed by atoms with van der Waals surface area (Å²) in [6, 6.07) is 15.0. The van der Waals surface area contributed by atoms with Crippen LogP contribution < -0.4 is 0 Å². The molecule has 3 heteroatoms. The van der Waals surface area contributed by atoms with Gasteiger partial charge >= 0.3 is 0 Å². The molecule has 0 aliphatic carbocycles. The number of allylic oxidation sites excluding steroid dienone is 1. The fourth-order valence-electron chi connectivity index (χ4n) is 3.13. The number of benzene rings is 2. The molecule has 2 aromatic carbocycles. The van der Waals surface area contributed by atoms with Crippen LogP contribution in [0.25, 0.3) is 17.0 Å². The van der Waals surface area contributed by atoms with Gasteiger partial charge in [-0.2, -0.15) is 0 Å². The van der Waals surface area contributed by atoms with Gasteiger partial charge in [0.1, 0.15) is 5.82 Å². The number of para-hydroxylation sites is 1. The van der Waals surface area contributed by atoms with Gasteiger partial charge in [-0.15, -0.1) is 0 Å². The summed E-state index contributed by atoms with van der Waals surface area (Å²) in [4.78, 5) is 7.97. The van der Waals surface area contributed by atoms with E-state index in [0.29, 0.717) is 0 Å². The molecular formula is C20H17FN2. The molecule has 4 rings (SSSR count). The molecule has 114 valence electrons. The molecule has 0 bridgehead atoms. The number of fused-ring (bicyclic) bond motifs is 2. The van der Waals surface area contributed by atoms with E-state index in [0.717, 1.165) is 28.0 Å². The van der Waals surface area contributed by atoms with E-state index in [1.165, 1.54) is 17.7 Å². The Kier molecular flexibility index (Phi) is 2.98. The maximum Gasteiger partial charge on any atom is 0.125 e. The highest BCUT2D eigenvalue weighted by Gasteiger charge is 2.32. The monoisotopic (exact) mass is 304 g/mol. The molecular weight excluding hydrogens is 287 g/mol. The quantitative estimate of drug-likeness (QED) is 0.658. The van der Waals surface area contributed by atoms with Crippen molar-refractivity contribution in [2.45, 2.75) is 19.3 Å². The van der Waals surface area contributed by atoms with Gasteiger partial charge in [0, 0.05) is 22.0 Å². The molecule has 1 aliphatic rings. The molecule has 0 saturated heterocycles. The summed E-state index contributed by atoms with van der Waals surface area (Å²) in [6.45, 7) is 4.37. The Balaban J connectivity index is 1.68. The van der Waals surface area contributed by atoms with Gasteiger partial charge in [-0.05, 0) is 48.0 Å². The summed E-state index contributed by atoms with van der Waals surface area (Å²) in [5, 5.41) is 1.00. The van der Waals surface area contributed by atoms with E-state index in [1.807, 2.05) is 30.4 Å². The minimum Gasteiger partial charge on any atom is -0.355 e. The molecule has 0 fully saturated rings. The van der Waals surface area contributed by atoms with Crippen molar-refractivity contribution in [1.29, 1.82) is 0 Å². The smallest absolute Gasteiger partial charge is 0.125 e. The number of aliphatic imine (C=N–C) groups is 1. The van der Waals surface area contributed by atoms with Gasteiger partial charge in [0.05, 0.1) is 11.4 Å². The van der Waals surface area contributed by atoms with Gasteiger partial charge < -0.3 is 4.98 Å². The third-order valence-corrected chi connectivity index (χ3v) is 4.48. The molecule has 0 spiro atoms. The van der Waals surface area contributed by atoms with Crippen molar-refractivity contribution in [3.63, 3.8) is 0 Å². The molecule has 2 nitrogen and oxygen atoms in total. The van der Waals surface area contributed by atoms with Crippen LogP contribution in [0.4, 0.5) is 10.1 Å². The second kappa shape index (κ2) is 4.92. The minimum atomic E-state index is -0.230. The Bertz CT molecular complexity index is 961. The average molecular weight is 304 g/mol. The summed E-state index contributed by atoms with van der Waals surface area (Å²) in [7, 11) is 0. The van der Waals surface area contributed by atoms with Crippen LogP contribution in [0.3, 0.4) is 0 Å². The highest BCUT2D eigenvalue weighted by atomic mass is 19.1. The number of H-pyrrole nitrogens is 1. The number of hydrogen-bond acceptors (Lipinski definition) is 1. The van der Waals surface area contributed by atoms with E-state index in [4.69, 9.17) is 4.99 Å². The van der Waals surface area contributed by atoms with Gasteiger partial charge in [-0.1, -0.05) is 32.0 Å². The van der Waals surface area contributed by atoms with Gasteiger partial charge in [-0.25, -0.2) is 4.39 Å². The van der Waals surface area contributed by atoms with Crippen molar-refractivity contribution in [3.8, 4) is 0 Å². The van der Waals surface area contributed by atoms with E-state index >= 15 is 0 Å². The zero-order valence-electron chi connectivity index (χ0n) is 13.1. The highest BCUT2D eigenvalue weighted by Crippen LogP contribution is 2.40. The normalized spacial score (nSPS) is 16.0. The molecule has 1 aliphatic heterocycles. The van der Waals surface area contributed by atoms with Crippen LogP contribution in [0.5, 0.6) is 0 Å². The first-order valence-electron chi connectivity index (χ1n) is 7.69. The second-order valence-corrected chi connectivity index (χ2v) is 6.43. The van der Waals surface area contributed by atoms with Gasteiger partial charge in [0.25, 0.3) is 0 Å². The molecule has 0 amide bonds. The van der Waals surface area contributed by atoms with Crippen molar-refractivity contribution in [2.75, 3.05) is 0 Å². The van der Waals surface area contributed by atoms with Crippen LogP contribution in [0.1, 0.15) is 25.1 Å². The topological polar surface area (TPSA) is 28.1 Å². The number of aromatic nitrogens is 1. The van der Waals surface area contributed by atoms with Crippen LogP contribution in [0.15, 0.2) is 59.6 Å². The average Bonchev–Trinajstić information content (AvgIpc) is 3.03. The van der Waals surface area contributed by atoms with Crippen LogP contribution >= 0.6 is 0 Å². The number of nitrogens with zero attached hydrogens (tertiary/aromatic N) is 1. The van der Waals surface area contributed by atoms with Crippen LogP contribution in [0, 0.1) is 5.82 Å². The summed E-state index contributed by atoms with van der Waals surface area (Å²) in [5.74, 6) is -0.230. The summed E-state index contributed by atoms with van der Waals surface area (Å²) < 4.78 is 13.3. The molecule has 0 radical (unpaired) electrons. The molecule has 2 heterocycles. The first-order chi connectivity index (χ1) is 11.0.